The van der Waals surface area contributed by atoms with Crippen molar-refractivity contribution in [1.29, 1.82) is 0 Å². The van der Waals surface area contributed by atoms with Crippen LogP contribution in [0.1, 0.15) is 36.2 Å². The predicted molar refractivity (Wildman–Crippen MR) is 71.7 cm³/mol. The zero-order chi connectivity index (χ0) is 15.2. The van der Waals surface area contributed by atoms with Gasteiger partial charge in [-0.2, -0.15) is 8.42 Å². The van der Waals surface area contributed by atoms with E-state index >= 15 is 0 Å². The lowest BCUT2D eigenvalue weighted by Gasteiger charge is -2.10. The first-order chi connectivity index (χ1) is 9.47. The summed E-state index contributed by atoms with van der Waals surface area (Å²) in [7, 11) is -4.25. The fraction of sp³-hybridized carbons (Fsp3) is 0.385. The van der Waals surface area contributed by atoms with Gasteiger partial charge in [0.15, 0.2) is 0 Å². The summed E-state index contributed by atoms with van der Waals surface area (Å²) in [5.41, 5.74) is 0.284. The third-order valence-corrected chi connectivity index (χ3v) is 3.86. The molecular weight excluding hydrogens is 282 g/mol. The number of carbonyl (C=O) groups is 1. The van der Waals surface area contributed by atoms with Gasteiger partial charge in [0.05, 0.1) is 12.2 Å². The molecular formula is C13H15NO5S. The summed E-state index contributed by atoms with van der Waals surface area (Å²) >= 11 is 0. The van der Waals surface area contributed by atoms with Crippen LogP contribution in [0.25, 0.3) is 0 Å². The number of carbonyl (C=O) groups excluding carboxylic acids is 2. The van der Waals surface area contributed by atoms with Gasteiger partial charge in [0.25, 0.3) is 16.1 Å². The minimum absolute atomic E-state index is 0.114. The van der Waals surface area contributed by atoms with Gasteiger partial charge in [-0.3, -0.25) is 0 Å². The van der Waals surface area contributed by atoms with Gasteiger partial charge in [-0.15, -0.1) is 0 Å². The number of isocyanates is 1. The maximum absolute atomic E-state index is 12.0. The standard InChI is InChI=1S/C13H15NO5S/c1-3-8-19-13(16)11-7-5-6-10(4-2)12(11)20(17,18)14-9-15/h5-7H,3-4,8H2,1-2H3. The molecule has 0 aliphatic carbocycles. The Hall–Kier alpha value is -1.98. The van der Waals surface area contributed by atoms with Gasteiger partial charge >= 0.3 is 5.97 Å². The van der Waals surface area contributed by atoms with Gasteiger partial charge in [0, 0.05) is 0 Å². The van der Waals surface area contributed by atoms with Crippen molar-refractivity contribution in [3.8, 4) is 0 Å². The summed E-state index contributed by atoms with van der Waals surface area (Å²) in [6.07, 6.45) is 1.99. The van der Waals surface area contributed by atoms with Crippen LogP contribution in [-0.4, -0.2) is 27.1 Å². The number of hydrogen-bond donors (Lipinski definition) is 0. The molecule has 108 valence electrons. The number of rotatable bonds is 6. The molecule has 0 saturated heterocycles. The van der Waals surface area contributed by atoms with Crippen molar-refractivity contribution in [3.05, 3.63) is 29.3 Å². The Morgan fingerprint density at radius 1 is 1.35 bits per heavy atom. The first-order valence-corrected chi connectivity index (χ1v) is 7.55. The van der Waals surface area contributed by atoms with E-state index in [4.69, 9.17) is 4.74 Å². The highest BCUT2D eigenvalue weighted by Gasteiger charge is 2.26. The Morgan fingerprint density at radius 2 is 2.05 bits per heavy atom. The molecule has 0 saturated carbocycles. The van der Waals surface area contributed by atoms with Gasteiger partial charge in [-0.1, -0.05) is 30.4 Å². The monoisotopic (exact) mass is 297 g/mol. The van der Waals surface area contributed by atoms with E-state index in [0.717, 1.165) is 6.08 Å². The van der Waals surface area contributed by atoms with Gasteiger partial charge in [0.1, 0.15) is 4.90 Å². The number of esters is 1. The largest absolute Gasteiger partial charge is 0.462 e. The molecule has 20 heavy (non-hydrogen) atoms. The fourth-order valence-electron chi connectivity index (χ4n) is 1.70. The second kappa shape index (κ2) is 6.98. The maximum Gasteiger partial charge on any atom is 0.339 e. The first-order valence-electron chi connectivity index (χ1n) is 6.11. The van der Waals surface area contributed by atoms with Crippen LogP contribution < -0.4 is 0 Å². The molecule has 1 rings (SSSR count). The molecule has 0 fully saturated rings. The minimum atomic E-state index is -4.25. The smallest absolute Gasteiger partial charge is 0.339 e. The van der Waals surface area contributed by atoms with E-state index in [1.165, 1.54) is 6.07 Å². The van der Waals surface area contributed by atoms with Crippen molar-refractivity contribution in [2.24, 2.45) is 4.40 Å². The Kier molecular flexibility index (Phi) is 5.61. The zero-order valence-electron chi connectivity index (χ0n) is 11.3. The van der Waals surface area contributed by atoms with Gasteiger partial charge in [-0.05, 0) is 24.5 Å². The summed E-state index contributed by atoms with van der Waals surface area (Å²) in [5, 5.41) is 0. The van der Waals surface area contributed by atoms with Gasteiger partial charge in [0.2, 0.25) is 0 Å². The lowest BCUT2D eigenvalue weighted by atomic mass is 10.1. The quantitative estimate of drug-likeness (QED) is 0.454. The third kappa shape index (κ3) is 3.53. The molecule has 0 aliphatic heterocycles. The van der Waals surface area contributed by atoms with Crippen molar-refractivity contribution < 1.29 is 22.7 Å². The van der Waals surface area contributed by atoms with E-state index in [1.807, 2.05) is 6.92 Å². The Labute approximate surface area is 117 Å². The molecule has 0 heterocycles. The highest BCUT2D eigenvalue weighted by atomic mass is 32.2. The molecule has 6 nitrogen and oxygen atoms in total. The molecule has 0 N–H and O–H groups in total. The van der Waals surface area contributed by atoms with E-state index in [-0.39, 0.29) is 17.1 Å². The lowest BCUT2D eigenvalue weighted by molar-refractivity contribution is 0.0500. The average molecular weight is 297 g/mol. The van der Waals surface area contributed by atoms with E-state index < -0.39 is 16.0 Å². The summed E-state index contributed by atoms with van der Waals surface area (Å²) < 4.78 is 31.7. The molecule has 1 aromatic rings. The summed E-state index contributed by atoms with van der Waals surface area (Å²) in [4.78, 5) is 21.9. The van der Waals surface area contributed by atoms with Crippen molar-refractivity contribution in [2.75, 3.05) is 6.61 Å². The van der Waals surface area contributed by atoms with E-state index in [2.05, 4.69) is 4.40 Å². The Bertz CT molecular complexity index is 645. The molecule has 0 aromatic heterocycles. The second-order valence-electron chi connectivity index (χ2n) is 3.94. The van der Waals surface area contributed by atoms with Crippen molar-refractivity contribution in [2.45, 2.75) is 31.6 Å². The number of hydrogen-bond acceptors (Lipinski definition) is 5. The highest BCUT2D eigenvalue weighted by Crippen LogP contribution is 2.24. The van der Waals surface area contributed by atoms with Gasteiger partial charge < -0.3 is 4.74 Å². The normalized spacial score (nSPS) is 10.7. The first kappa shape index (κ1) is 16.1. The molecule has 0 atom stereocenters. The fourth-order valence-corrected chi connectivity index (χ4v) is 2.86. The Morgan fingerprint density at radius 3 is 2.60 bits per heavy atom. The number of ether oxygens (including phenoxy) is 1. The predicted octanol–water partition coefficient (Wildman–Crippen LogP) is 1.84. The minimum Gasteiger partial charge on any atom is -0.462 e. The zero-order valence-corrected chi connectivity index (χ0v) is 12.1. The second-order valence-corrected chi connectivity index (χ2v) is 5.48. The van der Waals surface area contributed by atoms with Crippen LogP contribution in [-0.2, 0) is 26.0 Å². The molecule has 0 aliphatic rings. The molecule has 1 aromatic carbocycles. The lowest BCUT2D eigenvalue weighted by Crippen LogP contribution is -2.13. The molecule has 0 bridgehead atoms. The topological polar surface area (TPSA) is 89.9 Å². The third-order valence-electron chi connectivity index (χ3n) is 2.55. The van der Waals surface area contributed by atoms with Crippen molar-refractivity contribution in [1.82, 2.24) is 0 Å². The average Bonchev–Trinajstić information content (AvgIpc) is 2.43. The van der Waals surface area contributed by atoms with E-state index in [0.29, 0.717) is 18.4 Å². The summed E-state index contributed by atoms with van der Waals surface area (Å²) in [5.74, 6) is -0.748. The van der Waals surface area contributed by atoms with Crippen molar-refractivity contribution >= 4 is 22.1 Å². The van der Waals surface area contributed by atoms with Crippen LogP contribution in [0.2, 0.25) is 0 Å². The van der Waals surface area contributed by atoms with Crippen molar-refractivity contribution in [3.63, 3.8) is 0 Å². The molecule has 0 radical (unpaired) electrons. The summed E-state index contributed by atoms with van der Waals surface area (Å²) in [6, 6.07) is 4.46. The molecule has 0 amide bonds. The van der Waals surface area contributed by atoms with Crippen LogP contribution in [0, 0.1) is 0 Å². The molecule has 0 unspecified atom stereocenters. The van der Waals surface area contributed by atoms with E-state index in [9.17, 15) is 18.0 Å². The molecule has 0 spiro atoms. The number of nitrogens with zero attached hydrogens (tertiary/aromatic N) is 1. The number of benzene rings is 1. The number of sulfonamides is 1. The Balaban J connectivity index is 3.46. The van der Waals surface area contributed by atoms with Crippen LogP contribution in [0.3, 0.4) is 0 Å². The van der Waals surface area contributed by atoms with E-state index in [1.54, 1.807) is 19.1 Å². The van der Waals surface area contributed by atoms with Crippen LogP contribution in [0.5, 0.6) is 0 Å². The highest BCUT2D eigenvalue weighted by molar-refractivity contribution is 7.90. The van der Waals surface area contributed by atoms with Crippen LogP contribution >= 0.6 is 0 Å². The van der Waals surface area contributed by atoms with Crippen LogP contribution in [0.4, 0.5) is 0 Å². The SMILES string of the molecule is CCCOC(=O)c1cccc(CC)c1S(=O)(=O)N=C=O. The van der Waals surface area contributed by atoms with Crippen LogP contribution in [0.15, 0.2) is 27.5 Å². The maximum atomic E-state index is 12.0. The number of aryl methyl sites for hydroxylation is 1. The summed E-state index contributed by atoms with van der Waals surface area (Å²) in [6.45, 7) is 3.75. The van der Waals surface area contributed by atoms with Gasteiger partial charge in [-0.25, -0.2) is 9.59 Å². The molecule has 7 heteroatoms.